The van der Waals surface area contributed by atoms with Crippen molar-refractivity contribution in [3.63, 3.8) is 0 Å². The standard InChI is InChI=1S/C15H25N5O2.2ClH/c1-18-11-13(10-17-18)14-12-19(8-9-22-14)5-2-15(21)20-6-3-16-4-7-20;;/h10-11,14,16H,2-9,12H2,1H3;2*1H. The Kier molecular flexibility index (Phi) is 9.01. The number of amides is 1. The molecule has 0 bridgehead atoms. The number of rotatable bonds is 4. The number of nitrogens with one attached hydrogen (secondary N) is 1. The van der Waals surface area contributed by atoms with E-state index < -0.39 is 0 Å². The summed E-state index contributed by atoms with van der Waals surface area (Å²) in [7, 11) is 1.91. The smallest absolute Gasteiger partial charge is 0.223 e. The van der Waals surface area contributed by atoms with Crippen LogP contribution in [0.2, 0.25) is 0 Å². The summed E-state index contributed by atoms with van der Waals surface area (Å²) in [6.07, 6.45) is 4.52. The lowest BCUT2D eigenvalue weighted by molar-refractivity contribution is -0.132. The maximum Gasteiger partial charge on any atom is 0.223 e. The summed E-state index contributed by atoms with van der Waals surface area (Å²) in [4.78, 5) is 16.5. The average molecular weight is 380 g/mol. The highest BCUT2D eigenvalue weighted by atomic mass is 35.5. The second kappa shape index (κ2) is 10.2. The molecule has 3 heterocycles. The molecule has 9 heteroatoms. The van der Waals surface area contributed by atoms with Gasteiger partial charge in [0.25, 0.3) is 0 Å². The largest absolute Gasteiger partial charge is 0.371 e. The molecule has 0 saturated carbocycles. The molecule has 2 fully saturated rings. The second-order valence-corrected chi connectivity index (χ2v) is 5.99. The van der Waals surface area contributed by atoms with Crippen molar-refractivity contribution in [2.75, 3.05) is 52.4 Å². The monoisotopic (exact) mass is 379 g/mol. The minimum absolute atomic E-state index is 0. The van der Waals surface area contributed by atoms with E-state index in [0.717, 1.165) is 51.4 Å². The molecule has 2 aliphatic rings. The fraction of sp³-hybridized carbons (Fsp3) is 0.733. The van der Waals surface area contributed by atoms with Crippen LogP contribution in [0.5, 0.6) is 0 Å². The van der Waals surface area contributed by atoms with Gasteiger partial charge in [-0.2, -0.15) is 5.10 Å². The molecule has 2 aliphatic heterocycles. The second-order valence-electron chi connectivity index (χ2n) is 5.99. The quantitative estimate of drug-likeness (QED) is 0.823. The molecule has 1 aromatic heterocycles. The van der Waals surface area contributed by atoms with Gasteiger partial charge in [-0.15, -0.1) is 24.8 Å². The van der Waals surface area contributed by atoms with Crippen molar-refractivity contribution in [1.82, 2.24) is 24.9 Å². The third-order valence-corrected chi connectivity index (χ3v) is 4.36. The van der Waals surface area contributed by atoms with E-state index in [4.69, 9.17) is 4.74 Å². The molecule has 1 N–H and O–H groups in total. The van der Waals surface area contributed by atoms with E-state index >= 15 is 0 Å². The van der Waals surface area contributed by atoms with Gasteiger partial charge in [0.1, 0.15) is 0 Å². The molecule has 1 atom stereocenters. The molecule has 3 rings (SSSR count). The Labute approximate surface area is 155 Å². The molecule has 1 amide bonds. The maximum absolute atomic E-state index is 12.2. The van der Waals surface area contributed by atoms with Crippen LogP contribution in [0.4, 0.5) is 0 Å². The zero-order valence-electron chi connectivity index (χ0n) is 14.0. The fourth-order valence-corrected chi connectivity index (χ4v) is 3.04. The fourth-order valence-electron chi connectivity index (χ4n) is 3.04. The lowest BCUT2D eigenvalue weighted by Crippen LogP contribution is -2.47. The Hall–Kier alpha value is -0.860. The normalized spacial score (nSPS) is 21.7. The van der Waals surface area contributed by atoms with E-state index in [1.54, 1.807) is 4.68 Å². The SMILES string of the molecule is Cl.Cl.Cn1cc(C2CN(CCC(=O)N3CCNCC3)CCO2)cn1. The van der Waals surface area contributed by atoms with Crippen molar-refractivity contribution in [1.29, 1.82) is 0 Å². The Bertz CT molecular complexity index is 508. The minimum atomic E-state index is 0. The van der Waals surface area contributed by atoms with Crippen molar-refractivity contribution in [3.05, 3.63) is 18.0 Å². The van der Waals surface area contributed by atoms with Gasteiger partial charge in [0, 0.05) is 71.0 Å². The number of morpholine rings is 1. The molecule has 1 unspecified atom stereocenters. The third kappa shape index (κ3) is 5.60. The van der Waals surface area contributed by atoms with Crippen LogP contribution in [-0.2, 0) is 16.6 Å². The lowest BCUT2D eigenvalue weighted by Gasteiger charge is -2.33. The third-order valence-electron chi connectivity index (χ3n) is 4.36. The average Bonchev–Trinajstić information content (AvgIpc) is 3.00. The van der Waals surface area contributed by atoms with Gasteiger partial charge in [-0.25, -0.2) is 0 Å². The van der Waals surface area contributed by atoms with E-state index in [-0.39, 0.29) is 36.8 Å². The number of hydrogen-bond acceptors (Lipinski definition) is 5. The van der Waals surface area contributed by atoms with Crippen LogP contribution < -0.4 is 5.32 Å². The summed E-state index contributed by atoms with van der Waals surface area (Å²) in [5, 5.41) is 7.48. The molecule has 0 spiro atoms. The van der Waals surface area contributed by atoms with Gasteiger partial charge in [0.05, 0.1) is 18.9 Å². The van der Waals surface area contributed by atoms with E-state index in [2.05, 4.69) is 15.3 Å². The van der Waals surface area contributed by atoms with Gasteiger partial charge in [-0.1, -0.05) is 0 Å². The highest BCUT2D eigenvalue weighted by molar-refractivity contribution is 5.85. The van der Waals surface area contributed by atoms with Crippen molar-refractivity contribution >= 4 is 30.7 Å². The molecule has 7 nitrogen and oxygen atoms in total. The molecule has 0 radical (unpaired) electrons. The highest BCUT2D eigenvalue weighted by Crippen LogP contribution is 2.21. The Morgan fingerprint density at radius 1 is 1.33 bits per heavy atom. The summed E-state index contributed by atoms with van der Waals surface area (Å²) in [5.41, 5.74) is 1.11. The van der Waals surface area contributed by atoms with Crippen LogP contribution in [0.1, 0.15) is 18.1 Å². The number of aryl methyl sites for hydroxylation is 1. The van der Waals surface area contributed by atoms with Crippen LogP contribution in [0.3, 0.4) is 0 Å². The summed E-state index contributed by atoms with van der Waals surface area (Å²) in [5.74, 6) is 0.269. The zero-order chi connectivity index (χ0) is 15.4. The first-order valence-corrected chi connectivity index (χ1v) is 8.03. The Balaban J connectivity index is 0.00000144. The first-order valence-electron chi connectivity index (χ1n) is 8.03. The Morgan fingerprint density at radius 2 is 2.08 bits per heavy atom. The lowest BCUT2D eigenvalue weighted by atomic mass is 10.1. The van der Waals surface area contributed by atoms with Gasteiger partial charge in [0.15, 0.2) is 0 Å². The summed E-state index contributed by atoms with van der Waals surface area (Å²) < 4.78 is 7.63. The number of aromatic nitrogens is 2. The maximum atomic E-state index is 12.2. The summed E-state index contributed by atoms with van der Waals surface area (Å²) >= 11 is 0. The molecule has 0 aromatic carbocycles. The number of halogens is 2. The van der Waals surface area contributed by atoms with E-state index in [0.29, 0.717) is 13.0 Å². The Morgan fingerprint density at radius 3 is 2.75 bits per heavy atom. The molecule has 1 aromatic rings. The highest BCUT2D eigenvalue weighted by Gasteiger charge is 2.24. The van der Waals surface area contributed by atoms with Gasteiger partial charge >= 0.3 is 0 Å². The summed E-state index contributed by atoms with van der Waals surface area (Å²) in [6, 6.07) is 0. The van der Waals surface area contributed by atoms with Gasteiger partial charge in [0.2, 0.25) is 5.91 Å². The van der Waals surface area contributed by atoms with Crippen molar-refractivity contribution in [2.24, 2.45) is 7.05 Å². The van der Waals surface area contributed by atoms with Crippen molar-refractivity contribution < 1.29 is 9.53 Å². The van der Waals surface area contributed by atoms with Gasteiger partial charge < -0.3 is 15.0 Å². The van der Waals surface area contributed by atoms with Crippen LogP contribution in [0.25, 0.3) is 0 Å². The number of piperazine rings is 1. The van der Waals surface area contributed by atoms with Crippen LogP contribution in [0, 0.1) is 0 Å². The minimum Gasteiger partial charge on any atom is -0.371 e. The van der Waals surface area contributed by atoms with E-state index in [1.807, 2.05) is 24.3 Å². The van der Waals surface area contributed by atoms with E-state index in [9.17, 15) is 4.79 Å². The van der Waals surface area contributed by atoms with Gasteiger partial charge in [-0.05, 0) is 0 Å². The molecular formula is C15H27Cl2N5O2. The predicted molar refractivity (Wildman–Crippen MR) is 96.9 cm³/mol. The molecular weight excluding hydrogens is 353 g/mol. The topological polar surface area (TPSA) is 62.6 Å². The number of carbonyl (C=O) groups is 1. The summed E-state index contributed by atoms with van der Waals surface area (Å²) in [6.45, 7) is 6.73. The number of nitrogens with zero attached hydrogens (tertiary/aromatic N) is 4. The molecule has 24 heavy (non-hydrogen) atoms. The van der Waals surface area contributed by atoms with E-state index in [1.165, 1.54) is 0 Å². The first-order chi connectivity index (χ1) is 10.7. The first kappa shape index (κ1) is 21.2. The number of hydrogen-bond donors (Lipinski definition) is 1. The van der Waals surface area contributed by atoms with Crippen molar-refractivity contribution in [3.8, 4) is 0 Å². The van der Waals surface area contributed by atoms with Crippen LogP contribution in [0.15, 0.2) is 12.4 Å². The molecule has 2 saturated heterocycles. The van der Waals surface area contributed by atoms with Gasteiger partial charge in [-0.3, -0.25) is 14.4 Å². The predicted octanol–water partition coefficient (Wildman–Crippen LogP) is 0.459. The van der Waals surface area contributed by atoms with Crippen molar-refractivity contribution in [2.45, 2.75) is 12.5 Å². The molecule has 138 valence electrons. The number of carbonyl (C=O) groups excluding carboxylic acids is 1. The molecule has 0 aliphatic carbocycles. The van der Waals surface area contributed by atoms with Crippen LogP contribution in [-0.4, -0.2) is 77.9 Å². The van der Waals surface area contributed by atoms with Crippen LogP contribution >= 0.6 is 24.8 Å². The number of ether oxygens (including phenoxy) is 1. The zero-order valence-corrected chi connectivity index (χ0v) is 15.7.